The predicted molar refractivity (Wildman–Crippen MR) is 156 cm³/mol. The smallest absolute Gasteiger partial charge is 0.264 e. The van der Waals surface area contributed by atoms with Crippen LogP contribution < -0.4 is 9.62 Å². The van der Waals surface area contributed by atoms with E-state index in [1.165, 1.54) is 35.2 Å². The Hall–Kier alpha value is -3.07. The molecule has 0 aliphatic rings. The second-order valence-corrected chi connectivity index (χ2v) is 12.5. The van der Waals surface area contributed by atoms with E-state index in [-0.39, 0.29) is 39.0 Å². The van der Waals surface area contributed by atoms with Gasteiger partial charge in [-0.05, 0) is 55.7 Å². The number of amides is 2. The van der Waals surface area contributed by atoms with Crippen LogP contribution in [0.5, 0.6) is 0 Å². The van der Waals surface area contributed by atoms with Gasteiger partial charge in [0.15, 0.2) is 0 Å². The van der Waals surface area contributed by atoms with E-state index < -0.39 is 28.5 Å². The number of halogens is 2. The van der Waals surface area contributed by atoms with Gasteiger partial charge < -0.3 is 10.2 Å². The molecular weight excluding hydrogens is 557 g/mol. The number of carbonyl (C=O) groups is 2. The molecule has 1 atom stereocenters. The average Bonchev–Trinajstić information content (AvgIpc) is 2.89. The largest absolute Gasteiger partial charge is 0.354 e. The normalized spacial score (nSPS) is 12.2. The van der Waals surface area contributed by atoms with E-state index in [0.717, 1.165) is 15.4 Å². The molecule has 0 saturated carbocycles. The van der Waals surface area contributed by atoms with Gasteiger partial charge >= 0.3 is 0 Å². The number of nitrogens with zero attached hydrogens (tertiary/aromatic N) is 2. The molecule has 0 fully saturated rings. The van der Waals surface area contributed by atoms with Crippen LogP contribution in [0.3, 0.4) is 0 Å². The third-order valence-corrected chi connectivity index (χ3v) is 8.30. The summed E-state index contributed by atoms with van der Waals surface area (Å²) >= 11 is 12.4. The molecule has 3 aromatic carbocycles. The SMILES string of the molecule is Cc1ccc(CN(C(=O)CN(c2cc(Cl)cc(Cl)c2)S(=O)(=O)c2ccccc2)[C@@H](C)C(=O)NCC(C)C)cc1. The standard InChI is InChI=1S/C29H33Cl2N3O4S/c1-20(2)17-32-29(36)22(4)33(18-23-12-10-21(3)11-13-23)28(35)19-34(26-15-24(30)14-25(31)16-26)39(37,38)27-8-6-5-7-9-27/h5-16,20,22H,17-19H2,1-4H3,(H,32,36)/t22-/m0/s1. The second-order valence-electron chi connectivity index (χ2n) is 9.77. The van der Waals surface area contributed by atoms with Crippen molar-refractivity contribution in [3.05, 3.63) is 94.0 Å². The highest BCUT2D eigenvalue weighted by atomic mass is 35.5. The number of benzene rings is 3. The van der Waals surface area contributed by atoms with Crippen LogP contribution in [-0.2, 0) is 26.2 Å². The molecule has 208 valence electrons. The zero-order chi connectivity index (χ0) is 28.7. The Morgan fingerprint density at radius 1 is 0.897 bits per heavy atom. The Kier molecular flexibility index (Phi) is 10.4. The second kappa shape index (κ2) is 13.3. The quantitative estimate of drug-likeness (QED) is 0.311. The molecule has 0 aromatic heterocycles. The fraction of sp³-hybridized carbons (Fsp3) is 0.310. The van der Waals surface area contributed by atoms with E-state index in [0.29, 0.717) is 6.54 Å². The van der Waals surface area contributed by atoms with Crippen molar-refractivity contribution in [2.75, 3.05) is 17.4 Å². The minimum absolute atomic E-state index is 0.00158. The molecule has 39 heavy (non-hydrogen) atoms. The van der Waals surface area contributed by atoms with Gasteiger partial charge in [0.05, 0.1) is 10.6 Å². The van der Waals surface area contributed by atoms with Gasteiger partial charge in [-0.3, -0.25) is 13.9 Å². The molecule has 3 aromatic rings. The summed E-state index contributed by atoms with van der Waals surface area (Å²) in [4.78, 5) is 28.3. The Morgan fingerprint density at radius 2 is 1.49 bits per heavy atom. The molecule has 0 spiro atoms. The third-order valence-electron chi connectivity index (χ3n) is 6.07. The van der Waals surface area contributed by atoms with Crippen molar-refractivity contribution in [2.24, 2.45) is 5.92 Å². The van der Waals surface area contributed by atoms with Crippen LogP contribution in [0.4, 0.5) is 5.69 Å². The van der Waals surface area contributed by atoms with Crippen LogP contribution in [0.2, 0.25) is 10.0 Å². The van der Waals surface area contributed by atoms with Crippen molar-refractivity contribution in [2.45, 2.75) is 45.2 Å². The number of nitrogens with one attached hydrogen (secondary N) is 1. The summed E-state index contributed by atoms with van der Waals surface area (Å²) < 4.78 is 28.5. The van der Waals surface area contributed by atoms with Crippen molar-refractivity contribution in [3.63, 3.8) is 0 Å². The molecule has 0 heterocycles. The molecule has 7 nitrogen and oxygen atoms in total. The van der Waals surface area contributed by atoms with Gasteiger partial charge in [-0.15, -0.1) is 0 Å². The molecular formula is C29H33Cl2N3O4S. The number of anilines is 1. The van der Waals surface area contributed by atoms with Crippen molar-refractivity contribution < 1.29 is 18.0 Å². The lowest BCUT2D eigenvalue weighted by molar-refractivity contribution is -0.139. The van der Waals surface area contributed by atoms with E-state index in [9.17, 15) is 18.0 Å². The molecule has 0 bridgehead atoms. The maximum atomic E-state index is 13.9. The van der Waals surface area contributed by atoms with E-state index in [1.807, 2.05) is 45.0 Å². The third kappa shape index (κ3) is 8.21. The first kappa shape index (κ1) is 30.5. The van der Waals surface area contributed by atoms with Crippen LogP contribution >= 0.6 is 23.2 Å². The molecule has 10 heteroatoms. The molecule has 0 saturated heterocycles. The van der Waals surface area contributed by atoms with Crippen LogP contribution in [0.15, 0.2) is 77.7 Å². The summed E-state index contributed by atoms with van der Waals surface area (Å²) in [6.45, 7) is 7.54. The van der Waals surface area contributed by atoms with E-state index in [2.05, 4.69) is 5.32 Å². The Labute approximate surface area is 240 Å². The molecule has 0 aliphatic carbocycles. The Bertz CT molecular complexity index is 1380. The number of aryl methyl sites for hydroxylation is 1. The highest BCUT2D eigenvalue weighted by Gasteiger charge is 2.32. The molecule has 0 unspecified atom stereocenters. The average molecular weight is 591 g/mol. The zero-order valence-corrected chi connectivity index (χ0v) is 24.7. The molecule has 2 amide bonds. The highest BCUT2D eigenvalue weighted by Crippen LogP contribution is 2.30. The van der Waals surface area contributed by atoms with E-state index >= 15 is 0 Å². The van der Waals surface area contributed by atoms with Crippen molar-refractivity contribution >= 4 is 50.7 Å². The number of carbonyl (C=O) groups excluding carboxylic acids is 2. The van der Waals surface area contributed by atoms with Crippen molar-refractivity contribution in [3.8, 4) is 0 Å². The summed E-state index contributed by atoms with van der Waals surface area (Å²) in [5.41, 5.74) is 2.00. The van der Waals surface area contributed by atoms with E-state index in [4.69, 9.17) is 23.2 Å². The maximum absolute atomic E-state index is 13.9. The number of hydrogen-bond donors (Lipinski definition) is 1. The number of rotatable bonds is 11. The first-order chi connectivity index (χ1) is 18.4. The molecule has 0 radical (unpaired) electrons. The molecule has 0 aliphatic heterocycles. The lowest BCUT2D eigenvalue weighted by Gasteiger charge is -2.32. The van der Waals surface area contributed by atoms with Crippen LogP contribution in [0.1, 0.15) is 31.9 Å². The number of sulfonamides is 1. The fourth-order valence-corrected chi connectivity index (χ4v) is 5.79. The fourth-order valence-electron chi connectivity index (χ4n) is 3.86. The lowest BCUT2D eigenvalue weighted by Crippen LogP contribution is -2.51. The van der Waals surface area contributed by atoms with Crippen LogP contribution in [0, 0.1) is 12.8 Å². The predicted octanol–water partition coefficient (Wildman–Crippen LogP) is 5.69. The zero-order valence-electron chi connectivity index (χ0n) is 22.4. The van der Waals surface area contributed by atoms with Gasteiger partial charge in [0.1, 0.15) is 12.6 Å². The summed E-state index contributed by atoms with van der Waals surface area (Å²) in [6, 6.07) is 18.9. The summed E-state index contributed by atoms with van der Waals surface area (Å²) in [6.07, 6.45) is 0. The first-order valence-corrected chi connectivity index (χ1v) is 14.7. The van der Waals surface area contributed by atoms with Gasteiger partial charge in [-0.1, -0.05) is 85.1 Å². The van der Waals surface area contributed by atoms with Gasteiger partial charge in [-0.25, -0.2) is 8.42 Å². The minimum atomic E-state index is -4.19. The van der Waals surface area contributed by atoms with Crippen molar-refractivity contribution in [1.29, 1.82) is 0 Å². The Balaban J connectivity index is 2.03. The van der Waals surface area contributed by atoms with Gasteiger partial charge in [0.2, 0.25) is 11.8 Å². The lowest BCUT2D eigenvalue weighted by atomic mass is 10.1. The van der Waals surface area contributed by atoms with Gasteiger partial charge in [0, 0.05) is 23.1 Å². The minimum Gasteiger partial charge on any atom is -0.354 e. The highest BCUT2D eigenvalue weighted by molar-refractivity contribution is 7.92. The molecule has 1 N–H and O–H groups in total. The van der Waals surface area contributed by atoms with Crippen molar-refractivity contribution in [1.82, 2.24) is 10.2 Å². The number of hydrogen-bond acceptors (Lipinski definition) is 4. The summed E-state index contributed by atoms with van der Waals surface area (Å²) in [5, 5.41) is 3.31. The monoisotopic (exact) mass is 589 g/mol. The van der Waals surface area contributed by atoms with Crippen LogP contribution in [0.25, 0.3) is 0 Å². The first-order valence-electron chi connectivity index (χ1n) is 12.5. The maximum Gasteiger partial charge on any atom is 0.264 e. The summed E-state index contributed by atoms with van der Waals surface area (Å²) in [5.74, 6) is -0.660. The van der Waals surface area contributed by atoms with Gasteiger partial charge in [-0.2, -0.15) is 0 Å². The van der Waals surface area contributed by atoms with E-state index in [1.54, 1.807) is 25.1 Å². The van der Waals surface area contributed by atoms with Gasteiger partial charge in [0.25, 0.3) is 10.0 Å². The Morgan fingerprint density at radius 3 is 2.05 bits per heavy atom. The summed E-state index contributed by atoms with van der Waals surface area (Å²) in [7, 11) is -4.19. The molecule has 3 rings (SSSR count). The topological polar surface area (TPSA) is 86.8 Å². The van der Waals surface area contributed by atoms with Crippen LogP contribution in [-0.4, -0.2) is 44.3 Å².